The van der Waals surface area contributed by atoms with Gasteiger partial charge in [0.15, 0.2) is 5.11 Å². The fourth-order valence-electron chi connectivity index (χ4n) is 1.99. The van der Waals surface area contributed by atoms with E-state index < -0.39 is 5.91 Å². The van der Waals surface area contributed by atoms with Crippen LogP contribution in [0.1, 0.15) is 16.2 Å². The molecular weight excluding hydrogens is 338 g/mol. The number of amides is 1. The average Bonchev–Trinajstić information content (AvgIpc) is 3.11. The predicted molar refractivity (Wildman–Crippen MR) is 97.7 cm³/mol. The van der Waals surface area contributed by atoms with Gasteiger partial charge in [-0.25, -0.2) is 0 Å². The van der Waals surface area contributed by atoms with Crippen molar-refractivity contribution < 1.29 is 9.32 Å². The fourth-order valence-corrected chi connectivity index (χ4v) is 2.16. The van der Waals surface area contributed by atoms with Crippen LogP contribution in [0.2, 0.25) is 0 Å². The Kier molecular flexibility index (Phi) is 5.00. The zero-order valence-electron chi connectivity index (χ0n) is 13.3. The summed E-state index contributed by atoms with van der Waals surface area (Å²) in [7, 11) is 0. The Morgan fingerprint density at radius 3 is 2.48 bits per heavy atom. The molecule has 3 N–H and O–H groups in total. The largest absolute Gasteiger partial charge is 0.331 e. The van der Waals surface area contributed by atoms with Crippen LogP contribution in [0.15, 0.2) is 59.1 Å². The van der Waals surface area contributed by atoms with E-state index in [1.54, 1.807) is 0 Å². The van der Waals surface area contributed by atoms with Crippen LogP contribution in [-0.4, -0.2) is 21.2 Å². The number of benzene rings is 2. The van der Waals surface area contributed by atoms with E-state index in [-0.39, 0.29) is 11.0 Å². The van der Waals surface area contributed by atoms with Crippen LogP contribution in [0.25, 0.3) is 11.4 Å². The first-order chi connectivity index (χ1) is 12.1. The number of hydrazine groups is 1. The Labute approximate surface area is 149 Å². The molecule has 0 unspecified atom stereocenters. The third kappa shape index (κ3) is 4.39. The van der Waals surface area contributed by atoms with Gasteiger partial charge in [-0.05, 0) is 31.3 Å². The molecule has 0 fully saturated rings. The summed E-state index contributed by atoms with van der Waals surface area (Å²) in [6.07, 6.45) is 0. The Morgan fingerprint density at radius 1 is 1.04 bits per heavy atom. The molecule has 25 heavy (non-hydrogen) atoms. The Hall–Kier alpha value is -3.26. The van der Waals surface area contributed by atoms with Crippen LogP contribution in [0.5, 0.6) is 0 Å². The molecule has 0 aliphatic heterocycles. The maximum atomic E-state index is 12.0. The minimum atomic E-state index is -0.580. The molecule has 0 saturated heterocycles. The summed E-state index contributed by atoms with van der Waals surface area (Å²) in [5, 5.41) is 6.97. The number of anilines is 1. The van der Waals surface area contributed by atoms with Gasteiger partial charge in [0.05, 0.1) is 0 Å². The van der Waals surface area contributed by atoms with Crippen molar-refractivity contribution in [3.05, 3.63) is 66.1 Å². The summed E-state index contributed by atoms with van der Waals surface area (Å²) in [4.78, 5) is 16.1. The minimum Gasteiger partial charge on any atom is -0.331 e. The number of hydrogen-bond donors (Lipinski definition) is 3. The van der Waals surface area contributed by atoms with Gasteiger partial charge in [0, 0.05) is 11.3 Å². The lowest BCUT2D eigenvalue weighted by Gasteiger charge is -2.09. The van der Waals surface area contributed by atoms with E-state index in [1.807, 2.05) is 61.5 Å². The van der Waals surface area contributed by atoms with Gasteiger partial charge in [0.1, 0.15) is 0 Å². The smallest absolute Gasteiger partial charge is 0.328 e. The molecule has 126 valence electrons. The molecular formula is C17H15N5O2S. The molecule has 3 rings (SSSR count). The van der Waals surface area contributed by atoms with Gasteiger partial charge in [-0.3, -0.25) is 15.6 Å². The van der Waals surface area contributed by atoms with Gasteiger partial charge in [-0.2, -0.15) is 4.98 Å². The molecule has 0 saturated carbocycles. The summed E-state index contributed by atoms with van der Waals surface area (Å²) in [5.41, 5.74) is 7.67. The highest BCUT2D eigenvalue weighted by Crippen LogP contribution is 2.16. The topological polar surface area (TPSA) is 92.1 Å². The number of para-hydroxylation sites is 1. The maximum absolute atomic E-state index is 12.0. The van der Waals surface area contributed by atoms with Crippen molar-refractivity contribution in [2.45, 2.75) is 6.92 Å². The number of rotatable bonds is 3. The van der Waals surface area contributed by atoms with Gasteiger partial charge < -0.3 is 9.84 Å². The van der Waals surface area contributed by atoms with Gasteiger partial charge in [-0.15, -0.1) is 0 Å². The minimum absolute atomic E-state index is 0.161. The maximum Gasteiger partial charge on any atom is 0.328 e. The molecule has 0 spiro atoms. The Bertz CT molecular complexity index is 878. The number of carbonyl (C=O) groups is 1. The normalized spacial score (nSPS) is 10.1. The highest BCUT2D eigenvalue weighted by molar-refractivity contribution is 7.80. The SMILES string of the molecule is Cc1ccc(-c2noc(C(=O)NNC(=S)Nc3ccccc3)n2)cc1. The number of aryl methyl sites for hydroxylation is 1. The summed E-state index contributed by atoms with van der Waals surface area (Å²) < 4.78 is 4.98. The third-order valence-corrected chi connectivity index (χ3v) is 3.46. The molecule has 1 aromatic heterocycles. The molecule has 0 aliphatic rings. The van der Waals surface area contributed by atoms with E-state index in [0.29, 0.717) is 5.82 Å². The van der Waals surface area contributed by atoms with Crippen molar-refractivity contribution in [2.24, 2.45) is 0 Å². The molecule has 0 radical (unpaired) electrons. The van der Waals surface area contributed by atoms with Crippen LogP contribution in [0, 0.1) is 6.92 Å². The summed E-state index contributed by atoms with van der Waals surface area (Å²) in [6, 6.07) is 16.9. The second kappa shape index (κ2) is 7.54. The van der Waals surface area contributed by atoms with Crippen LogP contribution in [-0.2, 0) is 0 Å². The third-order valence-electron chi connectivity index (χ3n) is 3.25. The predicted octanol–water partition coefficient (Wildman–Crippen LogP) is 2.68. The summed E-state index contributed by atoms with van der Waals surface area (Å²) in [6.45, 7) is 1.98. The Morgan fingerprint density at radius 2 is 1.76 bits per heavy atom. The lowest BCUT2D eigenvalue weighted by molar-refractivity contribution is 0.0900. The number of carbonyl (C=O) groups excluding carboxylic acids is 1. The first-order valence-corrected chi connectivity index (χ1v) is 7.86. The molecule has 0 atom stereocenters. The van der Waals surface area contributed by atoms with Crippen LogP contribution < -0.4 is 16.2 Å². The summed E-state index contributed by atoms with van der Waals surface area (Å²) in [5.74, 6) is -0.399. The van der Waals surface area contributed by atoms with Crippen molar-refractivity contribution in [2.75, 3.05) is 5.32 Å². The number of aromatic nitrogens is 2. The standard InChI is InChI=1S/C17H15N5O2S/c1-11-7-9-12(10-8-11)14-19-16(24-22-14)15(23)20-21-17(25)18-13-5-3-2-4-6-13/h2-10H,1H3,(H,20,23)(H2,18,21,25). The molecule has 1 heterocycles. The van der Waals surface area contributed by atoms with E-state index in [0.717, 1.165) is 16.8 Å². The quantitative estimate of drug-likeness (QED) is 0.492. The van der Waals surface area contributed by atoms with E-state index in [4.69, 9.17) is 16.7 Å². The molecule has 1 amide bonds. The molecule has 2 aromatic carbocycles. The highest BCUT2D eigenvalue weighted by Gasteiger charge is 2.16. The lowest BCUT2D eigenvalue weighted by atomic mass is 10.1. The van der Waals surface area contributed by atoms with Crippen LogP contribution >= 0.6 is 12.2 Å². The first-order valence-electron chi connectivity index (χ1n) is 7.45. The van der Waals surface area contributed by atoms with Crippen LogP contribution in [0.4, 0.5) is 5.69 Å². The van der Waals surface area contributed by atoms with Crippen molar-refractivity contribution in [3.8, 4) is 11.4 Å². The first kappa shape index (κ1) is 16.6. The van der Waals surface area contributed by atoms with Gasteiger partial charge in [0.2, 0.25) is 5.82 Å². The Balaban J connectivity index is 1.57. The molecule has 0 bridgehead atoms. The van der Waals surface area contributed by atoms with Crippen molar-refractivity contribution in [3.63, 3.8) is 0 Å². The van der Waals surface area contributed by atoms with Gasteiger partial charge in [-0.1, -0.05) is 53.2 Å². The monoisotopic (exact) mass is 353 g/mol. The zero-order valence-corrected chi connectivity index (χ0v) is 14.1. The number of nitrogens with one attached hydrogen (secondary N) is 3. The second-order valence-corrected chi connectivity index (χ2v) is 5.60. The van der Waals surface area contributed by atoms with E-state index >= 15 is 0 Å². The van der Waals surface area contributed by atoms with E-state index in [9.17, 15) is 4.79 Å². The van der Waals surface area contributed by atoms with Crippen molar-refractivity contribution >= 4 is 28.9 Å². The van der Waals surface area contributed by atoms with Gasteiger partial charge in [0.25, 0.3) is 0 Å². The highest BCUT2D eigenvalue weighted by atomic mass is 32.1. The van der Waals surface area contributed by atoms with Crippen LogP contribution in [0.3, 0.4) is 0 Å². The van der Waals surface area contributed by atoms with E-state index in [1.165, 1.54) is 0 Å². The van der Waals surface area contributed by atoms with Crippen molar-refractivity contribution in [1.82, 2.24) is 21.0 Å². The average molecular weight is 353 g/mol. The second-order valence-electron chi connectivity index (χ2n) is 5.19. The molecule has 3 aromatic rings. The van der Waals surface area contributed by atoms with Crippen molar-refractivity contribution in [1.29, 1.82) is 0 Å². The number of nitrogens with zero attached hydrogens (tertiary/aromatic N) is 2. The van der Waals surface area contributed by atoms with Gasteiger partial charge >= 0.3 is 11.8 Å². The zero-order chi connectivity index (χ0) is 17.6. The lowest BCUT2D eigenvalue weighted by Crippen LogP contribution is -2.43. The number of hydrogen-bond acceptors (Lipinski definition) is 5. The number of thiocarbonyl (C=S) groups is 1. The van der Waals surface area contributed by atoms with E-state index in [2.05, 4.69) is 26.3 Å². The summed E-state index contributed by atoms with van der Waals surface area (Å²) >= 11 is 5.09. The molecule has 0 aliphatic carbocycles. The fraction of sp³-hybridized carbons (Fsp3) is 0.0588. The molecule has 8 heteroatoms. The molecule has 7 nitrogen and oxygen atoms in total.